The number of tetrazole rings is 1. The van der Waals surface area contributed by atoms with Gasteiger partial charge in [-0.1, -0.05) is 26.0 Å². The highest BCUT2D eigenvalue weighted by Gasteiger charge is 2.41. The lowest BCUT2D eigenvalue weighted by atomic mass is 10.2. The fourth-order valence-corrected chi connectivity index (χ4v) is 2.58. The molecule has 0 unspecified atom stereocenters. The minimum absolute atomic E-state index is 0.00736. The van der Waals surface area contributed by atoms with Gasteiger partial charge in [0, 0.05) is 0 Å². The van der Waals surface area contributed by atoms with Gasteiger partial charge in [0.25, 0.3) is 5.82 Å². The molecule has 1 aromatic rings. The van der Waals surface area contributed by atoms with E-state index in [0.717, 1.165) is 0 Å². The van der Waals surface area contributed by atoms with Gasteiger partial charge in [-0.25, -0.2) is 4.79 Å². The van der Waals surface area contributed by atoms with Gasteiger partial charge in [0.2, 0.25) is 0 Å². The van der Waals surface area contributed by atoms with E-state index in [1.54, 1.807) is 0 Å². The van der Waals surface area contributed by atoms with Crippen molar-refractivity contribution in [2.75, 3.05) is 0 Å². The molecule has 1 N–H and O–H groups in total. The summed E-state index contributed by atoms with van der Waals surface area (Å²) in [5, 5.41) is 19.7. The van der Waals surface area contributed by atoms with E-state index in [1.165, 1.54) is 4.35 Å². The second-order valence-electron chi connectivity index (χ2n) is 5.03. The Morgan fingerprint density at radius 3 is 2.33 bits per heavy atom. The predicted octanol–water partition coefficient (Wildman–Crippen LogP) is 1.22. The maximum Gasteiger partial charge on any atom is 0.374 e. The van der Waals surface area contributed by atoms with Crippen LogP contribution in [0.1, 0.15) is 31.4 Å². The molecule has 0 aliphatic heterocycles. The first kappa shape index (κ1) is 11.8. The highest BCUT2D eigenvalue weighted by atomic mass is 28.3. The quantitative estimate of drug-likeness (QED) is 0.770. The third-order valence-corrected chi connectivity index (χ3v) is 8.06. The number of hydrogen-bond acceptors (Lipinski definition) is 4. The summed E-state index contributed by atoms with van der Waals surface area (Å²) in [6.45, 7) is 10.3. The summed E-state index contributed by atoms with van der Waals surface area (Å²) in [7, 11) is -2.04. The molecule has 0 aliphatic carbocycles. The van der Waals surface area contributed by atoms with Crippen LogP contribution in [0.25, 0.3) is 0 Å². The lowest BCUT2D eigenvalue weighted by Gasteiger charge is -2.35. The molecule has 7 heteroatoms. The van der Waals surface area contributed by atoms with Gasteiger partial charge in [-0.2, -0.15) is 0 Å². The Balaban J connectivity index is 3.27. The van der Waals surface area contributed by atoms with Crippen molar-refractivity contribution in [2.45, 2.75) is 38.9 Å². The zero-order valence-electron chi connectivity index (χ0n) is 9.64. The van der Waals surface area contributed by atoms with Gasteiger partial charge in [0.1, 0.15) is 0 Å². The highest BCUT2D eigenvalue weighted by molar-refractivity contribution is 6.78. The summed E-state index contributed by atoms with van der Waals surface area (Å²) < 4.78 is 1.50. The summed E-state index contributed by atoms with van der Waals surface area (Å²) in [6.07, 6.45) is 0. The van der Waals surface area contributed by atoms with E-state index in [1.807, 2.05) is 0 Å². The third kappa shape index (κ3) is 1.92. The van der Waals surface area contributed by atoms with Crippen molar-refractivity contribution in [2.24, 2.45) is 0 Å². The summed E-state index contributed by atoms with van der Waals surface area (Å²) in [6, 6.07) is 0. The van der Waals surface area contributed by atoms with E-state index in [2.05, 4.69) is 49.4 Å². The van der Waals surface area contributed by atoms with Gasteiger partial charge < -0.3 is 5.11 Å². The van der Waals surface area contributed by atoms with Crippen LogP contribution in [0, 0.1) is 0 Å². The lowest BCUT2D eigenvalue weighted by molar-refractivity contribution is 0.0681. The molecule has 1 rings (SSSR count). The first-order valence-corrected chi connectivity index (χ1v) is 7.65. The minimum Gasteiger partial charge on any atom is -0.475 e. The van der Waals surface area contributed by atoms with Crippen LogP contribution < -0.4 is 0 Å². The number of nitrogens with zero attached hydrogens (tertiary/aromatic N) is 4. The maximum atomic E-state index is 10.9. The number of carboxylic acids is 1. The van der Waals surface area contributed by atoms with Crippen molar-refractivity contribution in [1.29, 1.82) is 0 Å². The fraction of sp³-hybridized carbons (Fsp3) is 0.750. The van der Waals surface area contributed by atoms with Gasteiger partial charge in [0.05, 0.1) is 0 Å². The van der Waals surface area contributed by atoms with E-state index in [4.69, 9.17) is 5.11 Å². The van der Waals surface area contributed by atoms with Crippen LogP contribution in [0.2, 0.25) is 18.1 Å². The Bertz CT molecular complexity index is 380. The number of rotatable bonds is 2. The lowest BCUT2D eigenvalue weighted by Crippen LogP contribution is -2.47. The molecule has 0 spiro atoms. The third-order valence-electron chi connectivity index (χ3n) is 3.03. The van der Waals surface area contributed by atoms with Crippen LogP contribution in [0.15, 0.2) is 0 Å². The standard InChI is InChI=1S/C8H16N4O2Si/c1-8(2,3)15(4,5)12-6(7(13)14)9-10-11-12/h1-5H3,(H,13,14). The topological polar surface area (TPSA) is 80.9 Å². The van der Waals surface area contributed by atoms with Crippen molar-refractivity contribution >= 4 is 14.2 Å². The van der Waals surface area contributed by atoms with Gasteiger partial charge in [-0.15, -0.1) is 5.10 Å². The molecule has 0 aromatic carbocycles. The van der Waals surface area contributed by atoms with E-state index >= 15 is 0 Å². The summed E-state index contributed by atoms with van der Waals surface area (Å²) in [4.78, 5) is 10.9. The SMILES string of the molecule is CC(C)(C)[Si](C)(C)n1nnnc1C(=O)O. The van der Waals surface area contributed by atoms with E-state index in [-0.39, 0.29) is 10.9 Å². The molecule has 0 bridgehead atoms. The largest absolute Gasteiger partial charge is 0.475 e. The normalized spacial score (nSPS) is 12.9. The van der Waals surface area contributed by atoms with Crippen LogP contribution in [-0.4, -0.2) is 39.2 Å². The second kappa shape index (κ2) is 3.40. The number of carboxylic acid groups (broad SMARTS) is 1. The van der Waals surface area contributed by atoms with Crippen LogP contribution in [0.3, 0.4) is 0 Å². The van der Waals surface area contributed by atoms with Crippen molar-refractivity contribution in [1.82, 2.24) is 19.9 Å². The molecule has 1 aromatic heterocycles. The molecule has 0 saturated heterocycles. The smallest absolute Gasteiger partial charge is 0.374 e. The van der Waals surface area contributed by atoms with Crippen molar-refractivity contribution < 1.29 is 9.90 Å². The summed E-state index contributed by atoms with van der Waals surface area (Å²) in [5.74, 6) is -1.15. The number of aromatic nitrogens is 4. The maximum absolute atomic E-state index is 10.9. The predicted molar refractivity (Wildman–Crippen MR) is 57.4 cm³/mol. The Morgan fingerprint density at radius 2 is 1.93 bits per heavy atom. The van der Waals surface area contributed by atoms with Gasteiger partial charge >= 0.3 is 5.97 Å². The molecule has 84 valence electrons. The summed E-state index contributed by atoms with van der Waals surface area (Å²) in [5.41, 5.74) is 0. The Labute approximate surface area is 89.4 Å². The molecule has 1 heterocycles. The Morgan fingerprint density at radius 1 is 1.40 bits per heavy atom. The van der Waals surface area contributed by atoms with Crippen molar-refractivity contribution in [3.05, 3.63) is 5.82 Å². The molecule has 0 saturated carbocycles. The second-order valence-corrected chi connectivity index (χ2v) is 10.1. The first-order valence-electron chi connectivity index (χ1n) is 4.70. The summed E-state index contributed by atoms with van der Waals surface area (Å²) >= 11 is 0. The highest BCUT2D eigenvalue weighted by Crippen LogP contribution is 2.36. The molecule has 15 heavy (non-hydrogen) atoms. The monoisotopic (exact) mass is 228 g/mol. The van der Waals surface area contributed by atoms with Crippen LogP contribution in [-0.2, 0) is 0 Å². The van der Waals surface area contributed by atoms with Gasteiger partial charge in [-0.3, -0.25) is 4.35 Å². The Kier molecular flexibility index (Phi) is 2.69. The average molecular weight is 228 g/mol. The minimum atomic E-state index is -2.04. The number of carbonyl (C=O) groups is 1. The van der Waals surface area contributed by atoms with Crippen LogP contribution in [0.4, 0.5) is 0 Å². The first-order chi connectivity index (χ1) is 6.68. The molecule has 0 fully saturated rings. The fourth-order valence-electron chi connectivity index (χ4n) is 1.01. The van der Waals surface area contributed by atoms with Crippen LogP contribution >= 0.6 is 0 Å². The molecule has 0 atom stereocenters. The van der Waals surface area contributed by atoms with E-state index < -0.39 is 14.2 Å². The molecule has 0 aliphatic rings. The van der Waals surface area contributed by atoms with Crippen molar-refractivity contribution in [3.63, 3.8) is 0 Å². The molecule has 6 nitrogen and oxygen atoms in total. The molecule has 0 radical (unpaired) electrons. The van der Waals surface area contributed by atoms with E-state index in [0.29, 0.717) is 0 Å². The zero-order chi connectivity index (χ0) is 11.9. The van der Waals surface area contributed by atoms with E-state index in [9.17, 15) is 4.79 Å². The van der Waals surface area contributed by atoms with Crippen LogP contribution in [0.5, 0.6) is 0 Å². The van der Waals surface area contributed by atoms with Gasteiger partial charge in [0.15, 0.2) is 8.24 Å². The Hall–Kier alpha value is -1.24. The number of hydrogen-bond donors (Lipinski definition) is 1. The van der Waals surface area contributed by atoms with Crippen molar-refractivity contribution in [3.8, 4) is 0 Å². The number of aromatic carboxylic acids is 1. The average Bonchev–Trinajstić information content (AvgIpc) is 2.48. The zero-order valence-corrected chi connectivity index (χ0v) is 10.6. The molecular weight excluding hydrogens is 212 g/mol. The molecule has 0 amide bonds. The molecular formula is C8H16N4O2Si. The van der Waals surface area contributed by atoms with Gasteiger partial charge in [-0.05, 0) is 23.3 Å².